The number of nitrogens with one attached hydrogen (secondary N) is 1. The summed E-state index contributed by atoms with van der Waals surface area (Å²) in [7, 11) is 0. The van der Waals surface area contributed by atoms with Gasteiger partial charge in [-0.05, 0) is 6.07 Å². The van der Waals surface area contributed by atoms with Crippen LogP contribution in [-0.2, 0) is 0 Å². The van der Waals surface area contributed by atoms with Crippen molar-refractivity contribution in [3.8, 4) is 0 Å². The third-order valence-corrected chi connectivity index (χ3v) is 2.16. The highest BCUT2D eigenvalue weighted by Crippen LogP contribution is 2.16. The Morgan fingerprint density at radius 2 is 2.11 bits per heavy atom. The van der Waals surface area contributed by atoms with E-state index in [0.29, 0.717) is 5.69 Å². The van der Waals surface area contributed by atoms with Gasteiger partial charge in [-0.25, -0.2) is 0 Å². The topological polar surface area (TPSA) is 158 Å². The molecular formula is C9H11N7O2S. The molecule has 0 atom stereocenters. The van der Waals surface area contributed by atoms with Crippen molar-refractivity contribution in [3.05, 3.63) is 34.4 Å². The SMILES string of the molecule is N/N=C(N)/C(=N\Nc1cccc([N+](=O)[O-])c1)C(N)=S. The largest absolute Gasteiger partial charge is 0.388 e. The Balaban J connectivity index is 2.98. The number of non-ortho nitro benzene ring substituents is 1. The van der Waals surface area contributed by atoms with Crippen LogP contribution >= 0.6 is 12.2 Å². The molecule has 1 rings (SSSR count). The summed E-state index contributed by atoms with van der Waals surface area (Å²) < 4.78 is 0. The lowest BCUT2D eigenvalue weighted by Crippen LogP contribution is -2.36. The minimum absolute atomic E-state index is 0.0102. The van der Waals surface area contributed by atoms with E-state index in [0.717, 1.165) is 0 Å². The molecule has 0 saturated carbocycles. The maximum Gasteiger partial charge on any atom is 0.271 e. The van der Waals surface area contributed by atoms with E-state index < -0.39 is 4.92 Å². The van der Waals surface area contributed by atoms with Gasteiger partial charge in [0.1, 0.15) is 4.99 Å². The minimum Gasteiger partial charge on any atom is -0.388 e. The molecule has 1 aromatic rings. The van der Waals surface area contributed by atoms with Crippen molar-refractivity contribution in [2.45, 2.75) is 0 Å². The molecule has 0 fully saturated rings. The summed E-state index contributed by atoms with van der Waals surface area (Å²) in [5.41, 5.74) is 13.6. The summed E-state index contributed by atoms with van der Waals surface area (Å²) in [6, 6.07) is 5.70. The van der Waals surface area contributed by atoms with Crippen LogP contribution in [0.25, 0.3) is 0 Å². The first kappa shape index (κ1) is 14.3. The summed E-state index contributed by atoms with van der Waals surface area (Å²) >= 11 is 4.72. The van der Waals surface area contributed by atoms with Crippen LogP contribution in [0.15, 0.2) is 34.5 Å². The Hall–Kier alpha value is -2.75. The first-order valence-electron chi connectivity index (χ1n) is 4.87. The van der Waals surface area contributed by atoms with Crippen molar-refractivity contribution >= 4 is 40.1 Å². The monoisotopic (exact) mass is 281 g/mol. The van der Waals surface area contributed by atoms with E-state index in [1.165, 1.54) is 18.2 Å². The smallest absolute Gasteiger partial charge is 0.271 e. The minimum atomic E-state index is -0.529. The van der Waals surface area contributed by atoms with Gasteiger partial charge in [-0.1, -0.05) is 18.3 Å². The van der Waals surface area contributed by atoms with Crippen molar-refractivity contribution in [2.75, 3.05) is 5.43 Å². The fourth-order valence-corrected chi connectivity index (χ4v) is 1.26. The highest BCUT2D eigenvalue weighted by atomic mass is 32.1. The van der Waals surface area contributed by atoms with Crippen molar-refractivity contribution in [1.29, 1.82) is 0 Å². The molecule has 9 nitrogen and oxygen atoms in total. The fourth-order valence-electron chi connectivity index (χ4n) is 1.11. The Morgan fingerprint density at radius 1 is 1.42 bits per heavy atom. The number of nitro groups is 1. The van der Waals surface area contributed by atoms with Crippen LogP contribution in [0.4, 0.5) is 11.4 Å². The molecule has 1 aromatic carbocycles. The second-order valence-corrected chi connectivity index (χ2v) is 3.70. The number of amidine groups is 1. The highest BCUT2D eigenvalue weighted by molar-refractivity contribution is 7.82. The molecule has 0 aliphatic carbocycles. The van der Waals surface area contributed by atoms with Gasteiger partial charge in [0, 0.05) is 12.1 Å². The standard InChI is InChI=1S/C9H11N7O2S/c10-8(13-12)7(9(11)19)15-14-5-2-1-3-6(4-5)16(17)18/h1-4,14H,12H2,(H2,10,13)(H2,11,19)/b15-7+. The summed E-state index contributed by atoms with van der Waals surface area (Å²) in [6.07, 6.45) is 0. The average Bonchev–Trinajstić information content (AvgIpc) is 2.38. The maximum atomic E-state index is 10.6. The van der Waals surface area contributed by atoms with Gasteiger partial charge in [0.25, 0.3) is 5.69 Å². The van der Waals surface area contributed by atoms with Gasteiger partial charge in [-0.2, -0.15) is 10.2 Å². The molecule has 0 bridgehead atoms. The highest BCUT2D eigenvalue weighted by Gasteiger charge is 2.09. The van der Waals surface area contributed by atoms with Crippen LogP contribution in [0.3, 0.4) is 0 Å². The summed E-state index contributed by atoms with van der Waals surface area (Å²) in [4.78, 5) is 9.96. The molecule has 0 saturated heterocycles. The molecule has 100 valence electrons. The molecule has 0 heterocycles. The zero-order chi connectivity index (χ0) is 14.4. The Kier molecular flexibility index (Phi) is 4.71. The molecule has 0 radical (unpaired) electrons. The van der Waals surface area contributed by atoms with Gasteiger partial charge >= 0.3 is 0 Å². The molecule has 7 N–H and O–H groups in total. The van der Waals surface area contributed by atoms with Gasteiger partial charge < -0.3 is 17.3 Å². The first-order chi connectivity index (χ1) is 8.95. The third-order valence-electron chi connectivity index (χ3n) is 1.97. The van der Waals surface area contributed by atoms with E-state index in [4.69, 9.17) is 29.5 Å². The number of benzene rings is 1. The van der Waals surface area contributed by atoms with Crippen LogP contribution in [0.5, 0.6) is 0 Å². The third kappa shape index (κ3) is 3.89. The van der Waals surface area contributed by atoms with E-state index in [1.54, 1.807) is 6.07 Å². The summed E-state index contributed by atoms with van der Waals surface area (Å²) in [5.74, 6) is 4.85. The molecule has 0 spiro atoms. The number of thiocarbonyl (C=S) groups is 1. The van der Waals surface area contributed by atoms with Crippen molar-refractivity contribution in [2.24, 2.45) is 27.5 Å². The molecule has 19 heavy (non-hydrogen) atoms. The van der Waals surface area contributed by atoms with Gasteiger partial charge in [-0.3, -0.25) is 15.5 Å². The predicted octanol–water partition coefficient (Wildman–Crippen LogP) is -0.120. The van der Waals surface area contributed by atoms with E-state index in [1.807, 2.05) is 0 Å². The molecule has 0 unspecified atom stereocenters. The van der Waals surface area contributed by atoms with Crippen LogP contribution in [-0.4, -0.2) is 21.5 Å². The summed E-state index contributed by atoms with van der Waals surface area (Å²) in [5, 5.41) is 17.6. The van der Waals surface area contributed by atoms with Crippen LogP contribution in [0.2, 0.25) is 0 Å². The van der Waals surface area contributed by atoms with Crippen LogP contribution < -0.4 is 22.7 Å². The fraction of sp³-hybridized carbons (Fsp3) is 0. The normalized spacial score (nSPS) is 12.0. The second kappa shape index (κ2) is 6.26. The van der Waals surface area contributed by atoms with Gasteiger partial charge in [0.05, 0.1) is 10.6 Å². The van der Waals surface area contributed by atoms with Crippen molar-refractivity contribution in [3.63, 3.8) is 0 Å². The number of nitro benzene ring substituents is 1. The molecule has 0 amide bonds. The number of rotatable bonds is 5. The average molecular weight is 281 g/mol. The lowest BCUT2D eigenvalue weighted by molar-refractivity contribution is -0.384. The van der Waals surface area contributed by atoms with Crippen molar-refractivity contribution < 1.29 is 4.92 Å². The van der Waals surface area contributed by atoms with E-state index >= 15 is 0 Å². The summed E-state index contributed by atoms with van der Waals surface area (Å²) in [6.45, 7) is 0. The van der Waals surface area contributed by atoms with Gasteiger partial charge in [0.2, 0.25) is 0 Å². The molecular weight excluding hydrogens is 270 g/mol. The second-order valence-electron chi connectivity index (χ2n) is 3.26. The Morgan fingerprint density at radius 3 is 2.63 bits per heavy atom. The lowest BCUT2D eigenvalue weighted by Gasteiger charge is -2.04. The lowest BCUT2D eigenvalue weighted by atomic mass is 10.3. The Labute approximate surface area is 113 Å². The van der Waals surface area contributed by atoms with Crippen molar-refractivity contribution in [1.82, 2.24) is 0 Å². The van der Waals surface area contributed by atoms with Crippen LogP contribution in [0, 0.1) is 10.1 Å². The zero-order valence-corrected chi connectivity index (χ0v) is 10.4. The molecule has 0 aliphatic heterocycles. The number of hydrogen-bond acceptors (Lipinski definition) is 7. The number of nitrogens with zero attached hydrogens (tertiary/aromatic N) is 3. The maximum absolute atomic E-state index is 10.6. The van der Waals surface area contributed by atoms with Gasteiger partial charge in [-0.15, -0.1) is 0 Å². The molecule has 0 aliphatic rings. The zero-order valence-electron chi connectivity index (χ0n) is 9.61. The van der Waals surface area contributed by atoms with E-state index in [-0.39, 0.29) is 22.2 Å². The molecule has 0 aromatic heterocycles. The number of nitrogens with two attached hydrogens (primary N) is 3. The van der Waals surface area contributed by atoms with E-state index in [9.17, 15) is 10.1 Å². The quantitative estimate of drug-likeness (QED) is 0.146. The number of hydrazone groups is 2. The Bertz CT molecular complexity index is 569. The predicted molar refractivity (Wildman–Crippen MR) is 76.7 cm³/mol. The van der Waals surface area contributed by atoms with E-state index in [2.05, 4.69) is 15.6 Å². The number of anilines is 1. The number of hydrogen-bond donors (Lipinski definition) is 4. The first-order valence-corrected chi connectivity index (χ1v) is 5.28. The van der Waals surface area contributed by atoms with Gasteiger partial charge in [0.15, 0.2) is 11.5 Å². The van der Waals surface area contributed by atoms with Crippen LogP contribution in [0.1, 0.15) is 0 Å². The molecule has 10 heteroatoms.